The van der Waals surface area contributed by atoms with E-state index < -0.39 is 17.7 Å². The Labute approximate surface area is 163 Å². The third-order valence-electron chi connectivity index (χ3n) is 3.42. The molecule has 0 radical (unpaired) electrons. The topological polar surface area (TPSA) is 67.8 Å². The highest BCUT2D eigenvalue weighted by molar-refractivity contribution is 6.32. The van der Waals surface area contributed by atoms with Crippen LogP contribution in [0.3, 0.4) is 0 Å². The van der Waals surface area contributed by atoms with Gasteiger partial charge in [-0.2, -0.15) is 13.2 Å². The molecule has 150 valence electrons. The third-order valence-corrected chi connectivity index (χ3v) is 3.71. The number of hydrogen-bond acceptors (Lipinski definition) is 5. The zero-order chi connectivity index (χ0) is 20.7. The summed E-state index contributed by atoms with van der Waals surface area (Å²) in [6.07, 6.45) is -2.52. The van der Waals surface area contributed by atoms with Crippen LogP contribution in [-0.2, 0) is 15.7 Å². The lowest BCUT2D eigenvalue weighted by molar-refractivity contribution is -0.297. The number of halogens is 4. The van der Waals surface area contributed by atoms with E-state index in [0.29, 0.717) is 17.9 Å². The van der Waals surface area contributed by atoms with E-state index in [4.69, 9.17) is 25.8 Å². The molecule has 2 aromatic carbocycles. The van der Waals surface area contributed by atoms with Crippen molar-refractivity contribution in [2.75, 3.05) is 20.3 Å². The summed E-state index contributed by atoms with van der Waals surface area (Å²) in [6, 6.07) is 7.21. The minimum atomic E-state index is -4.54. The lowest BCUT2D eigenvalue weighted by Crippen LogP contribution is -2.18. The Hall–Kier alpha value is -2.71. The van der Waals surface area contributed by atoms with Crippen LogP contribution in [-0.4, -0.2) is 26.3 Å². The van der Waals surface area contributed by atoms with E-state index >= 15 is 0 Å². The van der Waals surface area contributed by atoms with E-state index in [1.165, 1.54) is 25.3 Å². The summed E-state index contributed by atoms with van der Waals surface area (Å²) in [4.78, 5) is 10.7. The molecule has 2 rings (SSSR count). The van der Waals surface area contributed by atoms with Gasteiger partial charge in [0.1, 0.15) is 23.9 Å². The van der Waals surface area contributed by atoms with Gasteiger partial charge in [0.2, 0.25) is 0 Å². The molecule has 0 fully saturated rings. The number of ether oxygens (including phenoxy) is 3. The number of carbonyl (C=O) groups is 1. The second-order valence-corrected chi connectivity index (χ2v) is 5.85. The summed E-state index contributed by atoms with van der Waals surface area (Å²) < 4.78 is 54.3. The van der Waals surface area contributed by atoms with Crippen LogP contribution >= 0.6 is 11.6 Å². The number of benzene rings is 2. The second-order valence-electron chi connectivity index (χ2n) is 5.44. The molecule has 0 N–H and O–H groups in total. The van der Waals surface area contributed by atoms with Crippen molar-refractivity contribution in [3.63, 3.8) is 0 Å². The van der Waals surface area contributed by atoms with Gasteiger partial charge in [0.05, 0.1) is 23.2 Å². The summed E-state index contributed by atoms with van der Waals surface area (Å²) in [7, 11) is 1.51. The molecule has 0 amide bonds. The molecule has 2 aromatic rings. The average Bonchev–Trinajstić information content (AvgIpc) is 2.62. The first-order chi connectivity index (χ1) is 13.2. The monoisotopic (exact) mass is 415 g/mol. The fourth-order valence-corrected chi connectivity index (χ4v) is 2.33. The van der Waals surface area contributed by atoms with Gasteiger partial charge in [-0.15, -0.1) is 0 Å². The maximum absolute atomic E-state index is 12.8. The minimum Gasteiger partial charge on any atom is -0.545 e. The molecule has 0 spiro atoms. The Bertz CT molecular complexity index is 865. The molecule has 0 saturated heterocycles. The van der Waals surface area contributed by atoms with Crippen molar-refractivity contribution in [3.05, 3.63) is 58.6 Å². The average molecular weight is 416 g/mol. The van der Waals surface area contributed by atoms with Crippen LogP contribution < -0.4 is 14.6 Å². The van der Waals surface area contributed by atoms with Gasteiger partial charge >= 0.3 is 6.18 Å². The first kappa shape index (κ1) is 21.6. The SMILES string of the molecule is COCCOc1ccc(/C=C/C(=O)[O-])c(Oc2ccc(C(F)(F)F)cc2Cl)c1. The predicted molar refractivity (Wildman–Crippen MR) is 94.4 cm³/mol. The number of rotatable bonds is 8. The summed E-state index contributed by atoms with van der Waals surface area (Å²) in [5, 5.41) is 10.4. The lowest BCUT2D eigenvalue weighted by atomic mass is 10.1. The summed E-state index contributed by atoms with van der Waals surface area (Å²) in [5.41, 5.74) is -0.585. The van der Waals surface area contributed by atoms with Crippen molar-refractivity contribution in [1.29, 1.82) is 0 Å². The molecule has 5 nitrogen and oxygen atoms in total. The van der Waals surface area contributed by atoms with E-state index in [1.54, 1.807) is 6.07 Å². The fraction of sp³-hybridized carbons (Fsp3) is 0.211. The molecule has 0 saturated carbocycles. The quantitative estimate of drug-likeness (QED) is 0.482. The van der Waals surface area contributed by atoms with Crippen molar-refractivity contribution in [2.24, 2.45) is 0 Å². The Morgan fingerprint density at radius 1 is 1.14 bits per heavy atom. The van der Waals surface area contributed by atoms with Crippen LogP contribution in [0.2, 0.25) is 5.02 Å². The van der Waals surface area contributed by atoms with Gasteiger partial charge in [0, 0.05) is 18.7 Å². The van der Waals surface area contributed by atoms with Crippen molar-refractivity contribution < 1.29 is 37.3 Å². The molecule has 9 heteroatoms. The molecule has 0 heterocycles. The minimum absolute atomic E-state index is 0.0354. The van der Waals surface area contributed by atoms with Gasteiger partial charge in [-0.1, -0.05) is 11.6 Å². The molecular weight excluding hydrogens is 401 g/mol. The zero-order valence-electron chi connectivity index (χ0n) is 14.6. The summed E-state index contributed by atoms with van der Waals surface area (Å²) in [6.45, 7) is 0.596. The fourth-order valence-electron chi connectivity index (χ4n) is 2.11. The number of methoxy groups -OCH3 is 1. The van der Waals surface area contributed by atoms with Gasteiger partial charge < -0.3 is 24.1 Å². The molecule has 28 heavy (non-hydrogen) atoms. The first-order valence-corrected chi connectivity index (χ1v) is 8.28. The van der Waals surface area contributed by atoms with Crippen molar-refractivity contribution in [3.8, 4) is 17.2 Å². The molecule has 0 aliphatic rings. The molecule has 0 aromatic heterocycles. The maximum Gasteiger partial charge on any atom is 0.416 e. The first-order valence-electron chi connectivity index (χ1n) is 7.90. The normalized spacial score (nSPS) is 11.6. The number of carboxylic acids is 1. The zero-order valence-corrected chi connectivity index (χ0v) is 15.3. The van der Waals surface area contributed by atoms with Crippen LogP contribution in [0.4, 0.5) is 13.2 Å². The van der Waals surface area contributed by atoms with Crippen LogP contribution in [0.15, 0.2) is 42.5 Å². The Balaban J connectivity index is 2.35. The molecule has 0 aliphatic carbocycles. The maximum atomic E-state index is 12.8. The lowest BCUT2D eigenvalue weighted by Gasteiger charge is -2.14. The van der Waals surface area contributed by atoms with Crippen LogP contribution in [0.5, 0.6) is 17.2 Å². The van der Waals surface area contributed by atoms with Crippen molar-refractivity contribution in [2.45, 2.75) is 6.18 Å². The Morgan fingerprint density at radius 3 is 2.50 bits per heavy atom. The van der Waals surface area contributed by atoms with E-state index in [-0.39, 0.29) is 23.1 Å². The van der Waals surface area contributed by atoms with Crippen molar-refractivity contribution in [1.82, 2.24) is 0 Å². The highest BCUT2D eigenvalue weighted by atomic mass is 35.5. The summed E-state index contributed by atoms with van der Waals surface area (Å²) in [5.74, 6) is -0.930. The Kier molecular flexibility index (Phi) is 7.31. The smallest absolute Gasteiger partial charge is 0.416 e. The molecule has 0 bridgehead atoms. The van der Waals surface area contributed by atoms with Gasteiger partial charge in [-0.25, -0.2) is 0 Å². The molecule has 0 aliphatic heterocycles. The van der Waals surface area contributed by atoms with Crippen LogP contribution in [0.1, 0.15) is 11.1 Å². The molecular formula is C19H15ClF3O5-. The van der Waals surface area contributed by atoms with Gasteiger partial charge in [-0.05, 0) is 42.5 Å². The van der Waals surface area contributed by atoms with Gasteiger partial charge in [0.25, 0.3) is 0 Å². The molecule has 0 atom stereocenters. The van der Waals surface area contributed by atoms with Gasteiger partial charge in [-0.3, -0.25) is 0 Å². The number of alkyl halides is 3. The van der Waals surface area contributed by atoms with Crippen molar-refractivity contribution >= 4 is 23.6 Å². The van der Waals surface area contributed by atoms with E-state index in [9.17, 15) is 23.1 Å². The van der Waals surface area contributed by atoms with Crippen LogP contribution in [0.25, 0.3) is 6.08 Å². The van der Waals surface area contributed by atoms with E-state index in [2.05, 4.69) is 0 Å². The number of hydrogen-bond donors (Lipinski definition) is 0. The molecule has 0 unspecified atom stereocenters. The predicted octanol–water partition coefficient (Wildman–Crippen LogP) is 3.94. The Morgan fingerprint density at radius 2 is 1.89 bits per heavy atom. The number of carbonyl (C=O) groups excluding carboxylic acids is 1. The highest BCUT2D eigenvalue weighted by Gasteiger charge is 2.31. The number of aliphatic carboxylic acids is 1. The largest absolute Gasteiger partial charge is 0.545 e. The standard InChI is InChI=1S/C19H16ClF3O5/c1-26-8-9-27-14-5-2-12(3-7-18(24)25)17(11-14)28-16-6-4-13(10-15(16)20)19(21,22)23/h2-7,10-11H,8-9H2,1H3,(H,24,25)/p-1/b7-3+. The summed E-state index contributed by atoms with van der Waals surface area (Å²) >= 11 is 5.91. The second kappa shape index (κ2) is 9.48. The van der Waals surface area contributed by atoms with E-state index in [1.807, 2.05) is 0 Å². The van der Waals surface area contributed by atoms with Crippen LogP contribution in [0, 0.1) is 0 Å². The highest BCUT2D eigenvalue weighted by Crippen LogP contribution is 2.38. The van der Waals surface area contributed by atoms with Gasteiger partial charge in [0.15, 0.2) is 0 Å². The third kappa shape index (κ3) is 6.17. The number of carboxylic acid groups (broad SMARTS) is 1. The van der Waals surface area contributed by atoms with E-state index in [0.717, 1.165) is 24.3 Å².